The van der Waals surface area contributed by atoms with Crippen molar-refractivity contribution in [2.75, 3.05) is 0 Å². The zero-order chi connectivity index (χ0) is 29.1. The first-order chi connectivity index (χ1) is 18.1. The van der Waals surface area contributed by atoms with Crippen molar-refractivity contribution >= 4 is 12.4 Å². The van der Waals surface area contributed by atoms with Crippen LogP contribution in [0, 0.1) is 11.8 Å². The van der Waals surface area contributed by atoms with Gasteiger partial charge in [-0.1, -0.05) is 81.4 Å². The highest BCUT2D eigenvalue weighted by Crippen LogP contribution is 2.36. The van der Waals surface area contributed by atoms with Crippen LogP contribution in [0.4, 0.5) is 0 Å². The fraction of sp³-hybridized carbons (Fsp3) is 0.600. The summed E-state index contributed by atoms with van der Waals surface area (Å²) in [4.78, 5) is 9.93. The normalized spacial score (nSPS) is 18.9. The Bertz CT molecular complexity index is 1100. The van der Waals surface area contributed by atoms with Crippen LogP contribution in [0.25, 0.3) is 0 Å². The molecular formula is C35H52N2O2. The number of phenolic OH excluding ortho intramolecular Hbond substituents is 2. The molecule has 1 fully saturated rings. The van der Waals surface area contributed by atoms with Crippen LogP contribution < -0.4 is 0 Å². The lowest BCUT2D eigenvalue weighted by Gasteiger charge is -2.23. The monoisotopic (exact) mass is 532 g/mol. The minimum Gasteiger partial charge on any atom is -0.507 e. The van der Waals surface area contributed by atoms with Crippen LogP contribution >= 0.6 is 0 Å². The summed E-state index contributed by atoms with van der Waals surface area (Å²) in [7, 11) is 0. The Kier molecular flexibility index (Phi) is 9.73. The Hall–Kier alpha value is -2.62. The van der Waals surface area contributed by atoms with Crippen LogP contribution in [0.1, 0.15) is 122 Å². The zero-order valence-corrected chi connectivity index (χ0v) is 26.1. The van der Waals surface area contributed by atoms with Crippen LogP contribution in [0.15, 0.2) is 34.3 Å². The van der Waals surface area contributed by atoms with E-state index in [-0.39, 0.29) is 22.9 Å². The predicted octanol–water partition coefficient (Wildman–Crippen LogP) is 8.55. The molecule has 0 aliphatic heterocycles. The molecule has 0 aromatic heterocycles. The van der Waals surface area contributed by atoms with Gasteiger partial charge in [-0.05, 0) is 78.0 Å². The fourth-order valence-electron chi connectivity index (χ4n) is 5.58. The van der Waals surface area contributed by atoms with E-state index in [9.17, 15) is 10.2 Å². The maximum atomic E-state index is 11.1. The average molecular weight is 533 g/mol. The zero-order valence-electron chi connectivity index (χ0n) is 26.1. The van der Waals surface area contributed by atoms with Crippen molar-refractivity contribution < 1.29 is 10.2 Å². The van der Waals surface area contributed by atoms with E-state index < -0.39 is 0 Å². The van der Waals surface area contributed by atoms with Gasteiger partial charge in [0.1, 0.15) is 11.5 Å². The SMILES string of the molecule is CC(C)Cc1cc(C=NC2CCCC2N=Cc2cc(CC(C)C)cc(C(C)(C)C)c2O)c(O)c(C(C)(C)C)c1. The molecule has 2 aromatic carbocycles. The second-order valence-corrected chi connectivity index (χ2v) is 14.5. The first kappa shape index (κ1) is 30.9. The number of nitrogens with zero attached hydrogens (tertiary/aromatic N) is 2. The highest BCUT2D eigenvalue weighted by Gasteiger charge is 2.27. The number of phenols is 2. The molecule has 2 atom stereocenters. The molecule has 0 saturated heterocycles. The number of aromatic hydroxyl groups is 2. The summed E-state index contributed by atoms with van der Waals surface area (Å²) in [5, 5.41) is 22.3. The first-order valence-corrected chi connectivity index (χ1v) is 14.8. The van der Waals surface area contributed by atoms with Crippen molar-refractivity contribution in [2.24, 2.45) is 21.8 Å². The molecule has 4 nitrogen and oxygen atoms in total. The van der Waals surface area contributed by atoms with Crippen molar-refractivity contribution in [3.63, 3.8) is 0 Å². The summed E-state index contributed by atoms with van der Waals surface area (Å²) in [5.41, 5.74) is 5.69. The van der Waals surface area contributed by atoms with Crippen molar-refractivity contribution in [2.45, 2.75) is 124 Å². The predicted molar refractivity (Wildman–Crippen MR) is 167 cm³/mol. The second kappa shape index (κ2) is 12.3. The molecule has 3 rings (SSSR count). The maximum Gasteiger partial charge on any atom is 0.128 e. The minimum absolute atomic E-state index is 0.0653. The van der Waals surface area contributed by atoms with Gasteiger partial charge in [-0.25, -0.2) is 0 Å². The lowest BCUT2D eigenvalue weighted by atomic mass is 9.83. The largest absolute Gasteiger partial charge is 0.507 e. The molecule has 2 N–H and O–H groups in total. The number of hydrogen-bond donors (Lipinski definition) is 2. The van der Waals surface area contributed by atoms with Crippen LogP contribution in [-0.4, -0.2) is 34.7 Å². The highest BCUT2D eigenvalue weighted by molar-refractivity contribution is 5.86. The molecule has 0 spiro atoms. The van der Waals surface area contributed by atoms with Crippen LogP contribution in [0.5, 0.6) is 11.5 Å². The smallest absolute Gasteiger partial charge is 0.128 e. The summed E-state index contributed by atoms with van der Waals surface area (Å²) in [6.45, 7) is 21.7. The Labute approximate surface area is 237 Å². The Balaban J connectivity index is 1.91. The Morgan fingerprint density at radius 3 is 1.36 bits per heavy atom. The third kappa shape index (κ3) is 8.19. The van der Waals surface area contributed by atoms with Gasteiger partial charge >= 0.3 is 0 Å². The Morgan fingerprint density at radius 2 is 1.05 bits per heavy atom. The molecule has 1 aliphatic rings. The van der Waals surface area contributed by atoms with E-state index in [2.05, 4.69) is 93.5 Å². The molecule has 2 aromatic rings. The first-order valence-electron chi connectivity index (χ1n) is 14.8. The highest BCUT2D eigenvalue weighted by atomic mass is 16.3. The second-order valence-electron chi connectivity index (χ2n) is 14.5. The van der Waals surface area contributed by atoms with Crippen molar-refractivity contribution in [3.8, 4) is 11.5 Å². The molecule has 4 heteroatoms. The molecule has 0 radical (unpaired) electrons. The van der Waals surface area contributed by atoms with Gasteiger partial charge in [-0.2, -0.15) is 0 Å². The topological polar surface area (TPSA) is 65.2 Å². The molecule has 0 heterocycles. The van der Waals surface area contributed by atoms with E-state index in [1.165, 1.54) is 11.1 Å². The quantitative estimate of drug-likeness (QED) is 0.335. The molecule has 0 bridgehead atoms. The number of benzene rings is 2. The molecule has 214 valence electrons. The third-order valence-corrected chi connectivity index (χ3v) is 7.56. The summed E-state index contributed by atoms with van der Waals surface area (Å²) < 4.78 is 0. The van der Waals surface area contributed by atoms with Gasteiger partial charge in [0.05, 0.1) is 12.1 Å². The van der Waals surface area contributed by atoms with Crippen LogP contribution in [0.2, 0.25) is 0 Å². The van der Waals surface area contributed by atoms with E-state index in [1.54, 1.807) is 0 Å². The lowest BCUT2D eigenvalue weighted by Crippen LogP contribution is -2.17. The minimum atomic E-state index is -0.155. The van der Waals surface area contributed by atoms with Crippen LogP contribution in [0.3, 0.4) is 0 Å². The van der Waals surface area contributed by atoms with E-state index >= 15 is 0 Å². The number of hydrogen-bond acceptors (Lipinski definition) is 4. The van der Waals surface area contributed by atoms with Crippen molar-refractivity contribution in [1.82, 2.24) is 0 Å². The molecule has 0 amide bonds. The maximum absolute atomic E-state index is 11.1. The van der Waals surface area contributed by atoms with Gasteiger partial charge in [-0.3, -0.25) is 9.98 Å². The van der Waals surface area contributed by atoms with Gasteiger partial charge < -0.3 is 10.2 Å². The molecule has 1 saturated carbocycles. The summed E-state index contributed by atoms with van der Waals surface area (Å²) in [6.07, 6.45) is 8.69. The van der Waals surface area contributed by atoms with Crippen molar-refractivity contribution in [1.29, 1.82) is 0 Å². The van der Waals surface area contributed by atoms with Gasteiger partial charge in [0.15, 0.2) is 0 Å². The third-order valence-electron chi connectivity index (χ3n) is 7.56. The van der Waals surface area contributed by atoms with E-state index in [4.69, 9.17) is 9.98 Å². The summed E-state index contributed by atoms with van der Waals surface area (Å²) >= 11 is 0. The summed E-state index contributed by atoms with van der Waals surface area (Å²) in [6, 6.07) is 8.62. The van der Waals surface area contributed by atoms with E-state index in [1.807, 2.05) is 12.4 Å². The lowest BCUT2D eigenvalue weighted by molar-refractivity contribution is 0.444. The molecule has 1 aliphatic carbocycles. The molecule has 2 unspecified atom stereocenters. The fourth-order valence-corrected chi connectivity index (χ4v) is 5.58. The Morgan fingerprint density at radius 1 is 0.692 bits per heavy atom. The number of aliphatic imine (C=N–C) groups is 2. The summed E-state index contributed by atoms with van der Waals surface area (Å²) in [5.74, 6) is 1.74. The van der Waals surface area contributed by atoms with Gasteiger partial charge in [0.25, 0.3) is 0 Å². The van der Waals surface area contributed by atoms with E-state index in [0.29, 0.717) is 23.3 Å². The van der Waals surface area contributed by atoms with Crippen LogP contribution in [-0.2, 0) is 23.7 Å². The van der Waals surface area contributed by atoms with Gasteiger partial charge in [0, 0.05) is 34.7 Å². The number of rotatable bonds is 8. The molecular weight excluding hydrogens is 480 g/mol. The van der Waals surface area contributed by atoms with Gasteiger partial charge in [-0.15, -0.1) is 0 Å². The average Bonchev–Trinajstić information content (AvgIpc) is 3.24. The molecule has 39 heavy (non-hydrogen) atoms. The van der Waals surface area contributed by atoms with Gasteiger partial charge in [0.2, 0.25) is 0 Å². The van der Waals surface area contributed by atoms with Crippen molar-refractivity contribution in [3.05, 3.63) is 57.6 Å². The van der Waals surface area contributed by atoms with E-state index in [0.717, 1.165) is 54.4 Å². The standard InChI is InChI=1S/C35H52N2O2/c1-22(2)14-24-16-26(32(38)28(18-24)34(5,6)7)20-36-30-12-11-13-31(30)37-21-27-17-25(15-23(3)4)19-29(33(27)39)35(8,9)10/h16-23,30-31,38-39H,11-15H2,1-10H3.